The molecular weight excluding hydrogens is 177 g/mol. The Bertz CT molecular complexity index is 190. The van der Waals surface area contributed by atoms with E-state index in [2.05, 4.69) is 0 Å². The Morgan fingerprint density at radius 1 is 1.46 bits per heavy atom. The second kappa shape index (κ2) is 4.02. The number of halogens is 1. The first-order chi connectivity index (χ1) is 5.68. The van der Waals surface area contributed by atoms with Crippen molar-refractivity contribution >= 4 is 5.97 Å². The number of nitrogens with zero attached hydrogens (tertiary/aromatic N) is 1. The van der Waals surface area contributed by atoms with Crippen molar-refractivity contribution in [3.8, 4) is 0 Å². The maximum absolute atomic E-state index is 12.4. The number of carbonyl (C=O) groups is 1. The van der Waals surface area contributed by atoms with E-state index >= 15 is 0 Å². The average molecular weight is 194 g/mol. The Kier molecular flexibility index (Phi) is 3.81. The number of hydrogen-bond donors (Lipinski definition) is 2. The van der Waals surface area contributed by atoms with Crippen molar-refractivity contribution in [3.63, 3.8) is 0 Å². The molecule has 0 saturated heterocycles. The number of alkyl halides is 1. The van der Waals surface area contributed by atoms with E-state index < -0.39 is 24.7 Å². The van der Waals surface area contributed by atoms with Crippen LogP contribution in [0.2, 0.25) is 0 Å². The Morgan fingerprint density at radius 2 is 1.92 bits per heavy atom. The minimum Gasteiger partial charge on any atom is -0.481 e. The summed E-state index contributed by atoms with van der Waals surface area (Å²) < 4.78 is 12.7. The summed E-state index contributed by atoms with van der Waals surface area (Å²) in [5, 5.41) is 18.0. The molecule has 0 spiro atoms. The highest BCUT2D eigenvalue weighted by Gasteiger charge is 2.36. The van der Waals surface area contributed by atoms with E-state index in [1.165, 1.54) is 0 Å². The van der Waals surface area contributed by atoms with Gasteiger partial charge in [-0.1, -0.05) is 0 Å². The van der Waals surface area contributed by atoms with Crippen LogP contribution in [-0.2, 0) is 4.79 Å². The van der Waals surface area contributed by atoms with Gasteiger partial charge in [0.25, 0.3) is 0 Å². The molecule has 0 aliphatic carbocycles. The average Bonchev–Trinajstić information content (AvgIpc) is 1.81. The van der Waals surface area contributed by atoms with Crippen molar-refractivity contribution in [2.24, 2.45) is 0 Å². The number of aliphatic carboxylic acids is 1. The van der Waals surface area contributed by atoms with Crippen molar-refractivity contribution in [1.82, 2.24) is 0 Å². The van der Waals surface area contributed by atoms with Crippen molar-refractivity contribution in [2.75, 3.05) is 34.4 Å². The van der Waals surface area contributed by atoms with E-state index in [9.17, 15) is 14.3 Å². The minimum atomic E-state index is -1.75. The third-order valence-corrected chi connectivity index (χ3v) is 1.50. The molecule has 0 aliphatic rings. The summed E-state index contributed by atoms with van der Waals surface area (Å²) >= 11 is 0. The van der Waals surface area contributed by atoms with Gasteiger partial charge in [0.05, 0.1) is 27.6 Å². The largest absolute Gasteiger partial charge is 0.481 e. The molecule has 0 amide bonds. The van der Waals surface area contributed by atoms with E-state index in [1.54, 1.807) is 21.1 Å². The second-order valence-corrected chi connectivity index (χ2v) is 4.38. The van der Waals surface area contributed by atoms with Crippen LogP contribution < -0.4 is 0 Å². The summed E-state index contributed by atoms with van der Waals surface area (Å²) in [7, 11) is 5.30. The van der Waals surface area contributed by atoms with Crippen LogP contribution in [0, 0.1) is 0 Å². The number of likely N-dealkylation sites (N-methyl/N-ethyl adjacent to an activating group) is 1. The number of rotatable bonds is 5. The zero-order valence-electron chi connectivity index (χ0n) is 8.25. The molecule has 0 bridgehead atoms. The first-order valence-corrected chi connectivity index (χ1v) is 3.99. The van der Waals surface area contributed by atoms with Crippen molar-refractivity contribution < 1.29 is 23.9 Å². The van der Waals surface area contributed by atoms with Crippen LogP contribution in [0.4, 0.5) is 4.39 Å². The summed E-state index contributed by atoms with van der Waals surface area (Å²) in [5.74, 6) is -1.19. The minimum absolute atomic E-state index is 0.0792. The van der Waals surface area contributed by atoms with Gasteiger partial charge in [0.15, 0.2) is 5.60 Å². The maximum Gasteiger partial charge on any atom is 0.306 e. The molecule has 5 heteroatoms. The maximum atomic E-state index is 12.4. The topological polar surface area (TPSA) is 57.5 Å². The number of aliphatic hydroxyl groups is 1. The third-order valence-electron chi connectivity index (χ3n) is 1.50. The van der Waals surface area contributed by atoms with Gasteiger partial charge >= 0.3 is 5.97 Å². The molecule has 0 heterocycles. The Hall–Kier alpha value is -0.680. The molecular formula is C8H17FNO3+. The first kappa shape index (κ1) is 12.3. The highest BCUT2D eigenvalue weighted by molar-refractivity contribution is 5.68. The predicted octanol–water partition coefficient (Wildman–Crippen LogP) is -0.132. The smallest absolute Gasteiger partial charge is 0.306 e. The molecule has 0 radical (unpaired) electrons. The highest BCUT2D eigenvalue weighted by Crippen LogP contribution is 2.14. The molecule has 0 aromatic rings. The fraction of sp³-hybridized carbons (Fsp3) is 0.875. The normalized spacial score (nSPS) is 16.7. The number of hydrogen-bond acceptors (Lipinski definition) is 2. The lowest BCUT2D eigenvalue weighted by atomic mass is 10.0. The van der Waals surface area contributed by atoms with E-state index in [0.29, 0.717) is 4.48 Å². The number of quaternary nitrogens is 1. The fourth-order valence-electron chi connectivity index (χ4n) is 1.31. The Balaban J connectivity index is 4.36. The lowest BCUT2D eigenvalue weighted by Crippen LogP contribution is -2.51. The quantitative estimate of drug-likeness (QED) is 0.599. The zero-order chi connectivity index (χ0) is 10.7. The molecule has 1 unspecified atom stereocenters. The van der Waals surface area contributed by atoms with Crippen LogP contribution >= 0.6 is 0 Å². The van der Waals surface area contributed by atoms with Crippen LogP contribution in [0.1, 0.15) is 6.42 Å². The van der Waals surface area contributed by atoms with E-state index in [0.717, 1.165) is 0 Å². The van der Waals surface area contributed by atoms with Gasteiger partial charge in [-0.15, -0.1) is 0 Å². The lowest BCUT2D eigenvalue weighted by molar-refractivity contribution is -0.877. The van der Waals surface area contributed by atoms with Gasteiger partial charge in [0.2, 0.25) is 0 Å². The van der Waals surface area contributed by atoms with Crippen molar-refractivity contribution in [2.45, 2.75) is 12.0 Å². The van der Waals surface area contributed by atoms with Gasteiger partial charge in [-0.25, -0.2) is 4.39 Å². The van der Waals surface area contributed by atoms with Crippen molar-refractivity contribution in [1.29, 1.82) is 0 Å². The molecule has 0 rings (SSSR count). The molecule has 78 valence electrons. The summed E-state index contributed by atoms with van der Waals surface area (Å²) in [6, 6.07) is 0. The summed E-state index contributed by atoms with van der Waals surface area (Å²) in [5.41, 5.74) is -1.75. The van der Waals surface area contributed by atoms with Crippen LogP contribution in [0.5, 0.6) is 0 Å². The lowest BCUT2D eigenvalue weighted by Gasteiger charge is -2.32. The van der Waals surface area contributed by atoms with Crippen LogP contribution in [0.3, 0.4) is 0 Å². The standard InChI is InChI=1S/C8H16FNO3/c1-10(2,3)6-8(13,5-9)4-7(11)12/h13H,4-6H2,1-3H3/p+1. The summed E-state index contributed by atoms with van der Waals surface area (Å²) in [4.78, 5) is 10.3. The van der Waals surface area contributed by atoms with Crippen LogP contribution in [0.15, 0.2) is 0 Å². The molecule has 2 N–H and O–H groups in total. The fourth-order valence-corrected chi connectivity index (χ4v) is 1.31. The van der Waals surface area contributed by atoms with Gasteiger partial charge in [0, 0.05) is 0 Å². The molecule has 0 aromatic heterocycles. The molecule has 0 fully saturated rings. The molecule has 13 heavy (non-hydrogen) atoms. The van der Waals surface area contributed by atoms with Gasteiger partial charge in [-0.3, -0.25) is 4.79 Å². The molecule has 1 atom stereocenters. The summed E-state index contributed by atoms with van der Waals surface area (Å²) in [6.45, 7) is -0.954. The Morgan fingerprint density at radius 3 is 2.15 bits per heavy atom. The van der Waals surface area contributed by atoms with Gasteiger partial charge in [-0.05, 0) is 0 Å². The molecule has 0 aromatic carbocycles. The van der Waals surface area contributed by atoms with Crippen LogP contribution in [-0.4, -0.2) is 60.6 Å². The van der Waals surface area contributed by atoms with E-state index in [-0.39, 0.29) is 6.54 Å². The SMILES string of the molecule is C[N+](C)(C)CC(O)(CF)CC(=O)O. The van der Waals surface area contributed by atoms with Crippen LogP contribution in [0.25, 0.3) is 0 Å². The predicted molar refractivity (Wildman–Crippen MR) is 46.1 cm³/mol. The third kappa shape index (κ3) is 5.54. The first-order valence-electron chi connectivity index (χ1n) is 3.99. The van der Waals surface area contributed by atoms with E-state index in [4.69, 9.17) is 5.11 Å². The monoisotopic (exact) mass is 194 g/mol. The zero-order valence-corrected chi connectivity index (χ0v) is 8.25. The summed E-state index contributed by atoms with van der Waals surface area (Å²) in [6.07, 6.45) is -0.557. The van der Waals surface area contributed by atoms with Gasteiger partial charge in [0.1, 0.15) is 13.2 Å². The van der Waals surface area contributed by atoms with E-state index in [1.807, 2.05) is 0 Å². The molecule has 4 nitrogen and oxygen atoms in total. The Labute approximate surface area is 77.2 Å². The highest BCUT2D eigenvalue weighted by atomic mass is 19.1. The molecule has 0 saturated carbocycles. The number of carboxylic acid groups (broad SMARTS) is 1. The number of carboxylic acids is 1. The van der Waals surface area contributed by atoms with Gasteiger partial charge < -0.3 is 14.7 Å². The van der Waals surface area contributed by atoms with Gasteiger partial charge in [-0.2, -0.15) is 0 Å². The second-order valence-electron chi connectivity index (χ2n) is 4.38. The van der Waals surface area contributed by atoms with Crippen molar-refractivity contribution in [3.05, 3.63) is 0 Å². The molecule has 0 aliphatic heterocycles.